The molecule has 0 aromatic heterocycles. The fourth-order valence-corrected chi connectivity index (χ4v) is 2.76. The van der Waals surface area contributed by atoms with Crippen molar-refractivity contribution in [2.45, 2.75) is 44.3 Å². The number of rotatable bonds is 4. The van der Waals surface area contributed by atoms with Crippen molar-refractivity contribution in [3.63, 3.8) is 0 Å². The summed E-state index contributed by atoms with van der Waals surface area (Å²) in [7, 11) is 1.48. The smallest absolute Gasteiger partial charge is 0.138 e. The van der Waals surface area contributed by atoms with Crippen LogP contribution in [0.25, 0.3) is 0 Å². The zero-order valence-electron chi connectivity index (χ0n) is 11.5. The van der Waals surface area contributed by atoms with Crippen LogP contribution in [0.4, 0.5) is 8.78 Å². The van der Waals surface area contributed by atoms with Crippen molar-refractivity contribution < 1.29 is 13.5 Å². The lowest BCUT2D eigenvalue weighted by atomic mass is 9.87. The van der Waals surface area contributed by atoms with Gasteiger partial charge in [-0.05, 0) is 44.5 Å². The Hall–Kier alpha value is -1.16. The summed E-state index contributed by atoms with van der Waals surface area (Å²) in [5.41, 5.74) is -1.30. The fraction of sp³-hybridized carbons (Fsp3) is 0.600. The van der Waals surface area contributed by atoms with Crippen LogP contribution in [0, 0.1) is 5.82 Å². The quantitative estimate of drug-likeness (QED) is 0.902. The van der Waals surface area contributed by atoms with E-state index in [4.69, 9.17) is 4.74 Å². The molecule has 19 heavy (non-hydrogen) atoms. The van der Waals surface area contributed by atoms with Gasteiger partial charge in [-0.1, -0.05) is 6.42 Å². The van der Waals surface area contributed by atoms with Crippen LogP contribution in [-0.2, 0) is 5.67 Å². The van der Waals surface area contributed by atoms with Crippen LogP contribution in [0.1, 0.15) is 38.2 Å². The summed E-state index contributed by atoms with van der Waals surface area (Å²) in [6.07, 6.45) is 3.57. The molecule has 2 atom stereocenters. The zero-order chi connectivity index (χ0) is 13.9. The highest BCUT2D eigenvalue weighted by Gasteiger charge is 2.33. The van der Waals surface area contributed by atoms with E-state index in [0.717, 1.165) is 25.8 Å². The molecule has 2 unspecified atom stereocenters. The van der Waals surface area contributed by atoms with Gasteiger partial charge in [0, 0.05) is 18.0 Å². The molecule has 106 valence electrons. The van der Waals surface area contributed by atoms with Gasteiger partial charge in [0.15, 0.2) is 0 Å². The standard InChI is InChI=1S/C15H21F2NO/c1-15(17,10-12-5-3-4-8-18-12)13-9-11(16)6-7-14(13)19-2/h6-7,9,12,18H,3-5,8,10H2,1-2H3. The van der Waals surface area contributed by atoms with Gasteiger partial charge in [0.25, 0.3) is 0 Å². The summed E-state index contributed by atoms with van der Waals surface area (Å²) in [5.74, 6) is -0.0292. The Bertz CT molecular complexity index is 428. The van der Waals surface area contributed by atoms with E-state index in [9.17, 15) is 8.78 Å². The lowest BCUT2D eigenvalue weighted by Gasteiger charge is -2.31. The Morgan fingerprint density at radius 2 is 2.21 bits per heavy atom. The number of alkyl halides is 1. The number of methoxy groups -OCH3 is 1. The van der Waals surface area contributed by atoms with Gasteiger partial charge in [0.05, 0.1) is 7.11 Å². The summed E-state index contributed by atoms with van der Waals surface area (Å²) >= 11 is 0. The first-order chi connectivity index (χ1) is 9.03. The second-order valence-electron chi connectivity index (χ2n) is 5.39. The van der Waals surface area contributed by atoms with Crippen LogP contribution >= 0.6 is 0 Å². The molecule has 0 spiro atoms. The largest absolute Gasteiger partial charge is 0.496 e. The average molecular weight is 269 g/mol. The Morgan fingerprint density at radius 1 is 1.42 bits per heavy atom. The first-order valence-corrected chi connectivity index (χ1v) is 6.79. The van der Waals surface area contributed by atoms with Gasteiger partial charge in [-0.3, -0.25) is 0 Å². The minimum atomic E-state index is -1.59. The van der Waals surface area contributed by atoms with Crippen LogP contribution in [0.3, 0.4) is 0 Å². The molecule has 1 aliphatic rings. The van der Waals surface area contributed by atoms with Gasteiger partial charge >= 0.3 is 0 Å². The van der Waals surface area contributed by atoms with Crippen LogP contribution in [-0.4, -0.2) is 19.7 Å². The number of nitrogens with one attached hydrogen (secondary N) is 1. The molecule has 0 bridgehead atoms. The minimum Gasteiger partial charge on any atom is -0.496 e. The third kappa shape index (κ3) is 3.44. The molecule has 1 aromatic rings. The van der Waals surface area contributed by atoms with E-state index in [0.29, 0.717) is 17.7 Å². The molecule has 1 N–H and O–H groups in total. The van der Waals surface area contributed by atoms with Crippen molar-refractivity contribution in [3.05, 3.63) is 29.6 Å². The first kappa shape index (κ1) is 14.3. The van der Waals surface area contributed by atoms with Gasteiger partial charge in [0.2, 0.25) is 0 Å². The number of benzene rings is 1. The van der Waals surface area contributed by atoms with E-state index in [-0.39, 0.29) is 6.04 Å². The number of piperidine rings is 1. The SMILES string of the molecule is COc1ccc(F)cc1C(C)(F)CC1CCCCN1. The monoisotopic (exact) mass is 269 g/mol. The molecular weight excluding hydrogens is 248 g/mol. The lowest BCUT2D eigenvalue weighted by Crippen LogP contribution is -2.38. The van der Waals surface area contributed by atoms with E-state index in [1.165, 1.54) is 32.2 Å². The third-order valence-electron chi connectivity index (χ3n) is 3.77. The van der Waals surface area contributed by atoms with Crippen LogP contribution in [0.5, 0.6) is 5.75 Å². The zero-order valence-corrected chi connectivity index (χ0v) is 11.5. The normalized spacial score (nSPS) is 22.8. The molecule has 4 heteroatoms. The molecule has 0 aliphatic carbocycles. The Kier molecular flexibility index (Phi) is 4.40. The van der Waals surface area contributed by atoms with E-state index < -0.39 is 11.5 Å². The minimum absolute atomic E-state index is 0.150. The predicted molar refractivity (Wildman–Crippen MR) is 71.7 cm³/mol. The van der Waals surface area contributed by atoms with Gasteiger partial charge < -0.3 is 10.1 Å². The first-order valence-electron chi connectivity index (χ1n) is 6.79. The van der Waals surface area contributed by atoms with E-state index >= 15 is 0 Å². The maximum absolute atomic E-state index is 14.9. The summed E-state index contributed by atoms with van der Waals surface area (Å²) in [5, 5.41) is 3.32. The van der Waals surface area contributed by atoms with Crippen LogP contribution < -0.4 is 10.1 Å². The second-order valence-corrected chi connectivity index (χ2v) is 5.39. The summed E-state index contributed by atoms with van der Waals surface area (Å²) in [4.78, 5) is 0. The molecule has 2 nitrogen and oxygen atoms in total. The molecule has 0 amide bonds. The van der Waals surface area contributed by atoms with Crippen LogP contribution in [0.2, 0.25) is 0 Å². The van der Waals surface area contributed by atoms with Gasteiger partial charge in [-0.15, -0.1) is 0 Å². The van der Waals surface area contributed by atoms with Gasteiger partial charge in [-0.2, -0.15) is 0 Å². The lowest BCUT2D eigenvalue weighted by molar-refractivity contribution is 0.141. The van der Waals surface area contributed by atoms with Gasteiger partial charge in [-0.25, -0.2) is 8.78 Å². The Morgan fingerprint density at radius 3 is 2.84 bits per heavy atom. The maximum Gasteiger partial charge on any atom is 0.138 e. The third-order valence-corrected chi connectivity index (χ3v) is 3.77. The molecule has 1 aromatic carbocycles. The molecule has 1 aliphatic heterocycles. The summed E-state index contributed by atoms with van der Waals surface area (Å²) in [6, 6.07) is 4.16. The molecule has 1 heterocycles. The van der Waals surface area contributed by atoms with Crippen molar-refractivity contribution in [1.82, 2.24) is 5.32 Å². The van der Waals surface area contributed by atoms with Crippen LogP contribution in [0.15, 0.2) is 18.2 Å². The van der Waals surface area contributed by atoms with Crippen molar-refractivity contribution in [2.24, 2.45) is 0 Å². The molecule has 0 radical (unpaired) electrons. The van der Waals surface area contributed by atoms with Crippen molar-refractivity contribution in [3.8, 4) is 5.75 Å². The highest BCUT2D eigenvalue weighted by Crippen LogP contribution is 2.38. The van der Waals surface area contributed by atoms with E-state index in [1.54, 1.807) is 0 Å². The maximum atomic E-state index is 14.9. The topological polar surface area (TPSA) is 21.3 Å². The second kappa shape index (κ2) is 5.87. The molecular formula is C15H21F2NO. The predicted octanol–water partition coefficient (Wildman–Crippen LogP) is 3.55. The molecule has 0 saturated carbocycles. The highest BCUT2D eigenvalue weighted by molar-refractivity contribution is 5.38. The summed E-state index contributed by atoms with van der Waals surface area (Å²) in [6.45, 7) is 2.43. The summed E-state index contributed by atoms with van der Waals surface area (Å²) < 4.78 is 33.5. The highest BCUT2D eigenvalue weighted by atomic mass is 19.1. The molecule has 2 rings (SSSR count). The number of ether oxygens (including phenoxy) is 1. The van der Waals surface area contributed by atoms with Crippen molar-refractivity contribution in [2.75, 3.05) is 13.7 Å². The van der Waals surface area contributed by atoms with E-state index in [2.05, 4.69) is 5.32 Å². The Balaban J connectivity index is 2.19. The number of hydrogen-bond donors (Lipinski definition) is 1. The number of halogens is 2. The van der Waals surface area contributed by atoms with Gasteiger partial charge in [0.1, 0.15) is 17.2 Å². The molecule has 1 saturated heterocycles. The van der Waals surface area contributed by atoms with Crippen molar-refractivity contribution >= 4 is 0 Å². The fourth-order valence-electron chi connectivity index (χ4n) is 2.76. The molecule has 1 fully saturated rings. The average Bonchev–Trinajstić information content (AvgIpc) is 2.39. The number of hydrogen-bond acceptors (Lipinski definition) is 2. The Labute approximate surface area is 113 Å². The van der Waals surface area contributed by atoms with E-state index in [1.807, 2.05) is 0 Å². The van der Waals surface area contributed by atoms with Crippen molar-refractivity contribution in [1.29, 1.82) is 0 Å².